The summed E-state index contributed by atoms with van der Waals surface area (Å²) in [6.07, 6.45) is 5.84. The molecule has 134 valence electrons. The van der Waals surface area contributed by atoms with Crippen molar-refractivity contribution in [1.29, 1.82) is 0 Å². The molecule has 24 heavy (non-hydrogen) atoms. The molecule has 3 rings (SSSR count). The average molecular weight is 335 g/mol. The Kier molecular flexibility index (Phi) is 5.40. The lowest BCUT2D eigenvalue weighted by Gasteiger charge is -2.37. The van der Waals surface area contributed by atoms with Crippen molar-refractivity contribution < 1.29 is 9.53 Å². The highest BCUT2D eigenvalue weighted by atomic mass is 16.5. The number of likely N-dealkylation sites (tertiary alicyclic amines) is 1. The Morgan fingerprint density at radius 3 is 2.83 bits per heavy atom. The van der Waals surface area contributed by atoms with Crippen LogP contribution in [0.25, 0.3) is 0 Å². The number of amides is 2. The number of rotatable bonds is 5. The number of nitrogens with zero attached hydrogens (tertiary/aromatic N) is 4. The Morgan fingerprint density at radius 2 is 2.12 bits per heavy atom. The summed E-state index contributed by atoms with van der Waals surface area (Å²) in [6.45, 7) is 10.1. The van der Waals surface area contributed by atoms with Crippen molar-refractivity contribution >= 4 is 6.03 Å². The Balaban J connectivity index is 1.54. The molecule has 2 amide bonds. The molecule has 0 aliphatic carbocycles. The summed E-state index contributed by atoms with van der Waals surface area (Å²) in [5.74, 6) is 0. The zero-order valence-electron chi connectivity index (χ0n) is 14.8. The molecular formula is C17H29N5O2. The summed E-state index contributed by atoms with van der Waals surface area (Å²) >= 11 is 0. The second-order valence-corrected chi connectivity index (χ2v) is 7.42. The van der Waals surface area contributed by atoms with Gasteiger partial charge in [0.05, 0.1) is 25.8 Å². The summed E-state index contributed by atoms with van der Waals surface area (Å²) < 4.78 is 7.31. The molecule has 3 heterocycles. The number of morpholine rings is 1. The predicted octanol–water partition coefficient (Wildman–Crippen LogP) is 1.17. The van der Waals surface area contributed by atoms with E-state index in [-0.39, 0.29) is 17.6 Å². The van der Waals surface area contributed by atoms with Crippen LogP contribution in [0, 0.1) is 0 Å². The SMILES string of the molecule is CC(C)(CN1CCOCC1)NC(=O)N1CCC[C@@H]1Cn1cccn1. The van der Waals surface area contributed by atoms with Gasteiger partial charge in [-0.1, -0.05) is 0 Å². The molecule has 2 aliphatic rings. The lowest BCUT2D eigenvalue weighted by atomic mass is 10.0. The van der Waals surface area contributed by atoms with Crippen LogP contribution in [-0.4, -0.2) is 76.6 Å². The first-order valence-corrected chi connectivity index (χ1v) is 8.90. The molecule has 0 aromatic carbocycles. The maximum Gasteiger partial charge on any atom is 0.318 e. The summed E-state index contributed by atoms with van der Waals surface area (Å²) in [7, 11) is 0. The van der Waals surface area contributed by atoms with Crippen LogP contribution < -0.4 is 5.32 Å². The molecule has 1 aromatic rings. The molecule has 7 heteroatoms. The Labute approximate surface area is 143 Å². The second kappa shape index (κ2) is 7.53. The van der Waals surface area contributed by atoms with Gasteiger partial charge in [0, 0.05) is 44.1 Å². The largest absolute Gasteiger partial charge is 0.379 e. The number of ether oxygens (including phenoxy) is 1. The van der Waals surface area contributed by atoms with Crippen LogP contribution >= 0.6 is 0 Å². The van der Waals surface area contributed by atoms with Crippen LogP contribution in [0.15, 0.2) is 18.5 Å². The van der Waals surface area contributed by atoms with Gasteiger partial charge in [-0.2, -0.15) is 5.10 Å². The van der Waals surface area contributed by atoms with Gasteiger partial charge in [0.15, 0.2) is 0 Å². The number of urea groups is 1. The normalized spacial score (nSPS) is 22.8. The van der Waals surface area contributed by atoms with Crippen LogP contribution in [0.1, 0.15) is 26.7 Å². The molecular weight excluding hydrogens is 306 g/mol. The van der Waals surface area contributed by atoms with E-state index in [1.165, 1.54) is 0 Å². The van der Waals surface area contributed by atoms with Crippen LogP contribution in [0.4, 0.5) is 4.79 Å². The zero-order chi connectivity index (χ0) is 17.0. The minimum atomic E-state index is -0.257. The fourth-order valence-corrected chi connectivity index (χ4v) is 3.64. The maximum absolute atomic E-state index is 12.8. The van der Waals surface area contributed by atoms with Gasteiger partial charge in [-0.25, -0.2) is 4.79 Å². The van der Waals surface area contributed by atoms with E-state index < -0.39 is 0 Å². The van der Waals surface area contributed by atoms with E-state index in [0.29, 0.717) is 0 Å². The third-order valence-corrected chi connectivity index (χ3v) is 4.76. The van der Waals surface area contributed by atoms with Crippen molar-refractivity contribution in [1.82, 2.24) is 24.9 Å². The number of carbonyl (C=O) groups excluding carboxylic acids is 1. The van der Waals surface area contributed by atoms with Gasteiger partial charge >= 0.3 is 6.03 Å². The fraction of sp³-hybridized carbons (Fsp3) is 0.765. The average Bonchev–Trinajstić information content (AvgIpc) is 3.19. The molecule has 1 N–H and O–H groups in total. The van der Waals surface area contributed by atoms with E-state index in [9.17, 15) is 4.79 Å². The van der Waals surface area contributed by atoms with Gasteiger partial charge in [-0.15, -0.1) is 0 Å². The molecule has 0 spiro atoms. The highest BCUT2D eigenvalue weighted by Crippen LogP contribution is 2.20. The van der Waals surface area contributed by atoms with E-state index in [2.05, 4.69) is 29.2 Å². The van der Waals surface area contributed by atoms with Gasteiger partial charge in [0.25, 0.3) is 0 Å². The van der Waals surface area contributed by atoms with Crippen molar-refractivity contribution in [2.24, 2.45) is 0 Å². The smallest absolute Gasteiger partial charge is 0.318 e. The number of hydrogen-bond acceptors (Lipinski definition) is 4. The minimum Gasteiger partial charge on any atom is -0.379 e. The van der Waals surface area contributed by atoms with Crippen molar-refractivity contribution in [3.05, 3.63) is 18.5 Å². The predicted molar refractivity (Wildman–Crippen MR) is 91.8 cm³/mol. The lowest BCUT2D eigenvalue weighted by Crippen LogP contribution is -2.57. The highest BCUT2D eigenvalue weighted by molar-refractivity contribution is 5.75. The van der Waals surface area contributed by atoms with Crippen LogP contribution in [0.3, 0.4) is 0 Å². The molecule has 2 aliphatic heterocycles. The molecule has 0 unspecified atom stereocenters. The van der Waals surface area contributed by atoms with Gasteiger partial charge in [-0.05, 0) is 32.8 Å². The fourth-order valence-electron chi connectivity index (χ4n) is 3.64. The first-order chi connectivity index (χ1) is 11.5. The first kappa shape index (κ1) is 17.2. The molecule has 0 saturated carbocycles. The van der Waals surface area contributed by atoms with Gasteiger partial charge < -0.3 is 15.0 Å². The zero-order valence-corrected chi connectivity index (χ0v) is 14.8. The second-order valence-electron chi connectivity index (χ2n) is 7.42. The van der Waals surface area contributed by atoms with E-state index >= 15 is 0 Å². The third-order valence-electron chi connectivity index (χ3n) is 4.76. The summed E-state index contributed by atoms with van der Waals surface area (Å²) in [5, 5.41) is 7.50. The van der Waals surface area contributed by atoms with Gasteiger partial charge in [0.2, 0.25) is 0 Å². The topological polar surface area (TPSA) is 62.6 Å². The Bertz CT molecular complexity index is 525. The number of carbonyl (C=O) groups is 1. The number of nitrogens with one attached hydrogen (secondary N) is 1. The molecule has 1 aromatic heterocycles. The Hall–Kier alpha value is -1.60. The number of aromatic nitrogens is 2. The van der Waals surface area contributed by atoms with E-state index in [4.69, 9.17) is 4.74 Å². The maximum atomic E-state index is 12.8. The van der Waals surface area contributed by atoms with Crippen molar-refractivity contribution in [2.45, 2.75) is 44.8 Å². The van der Waals surface area contributed by atoms with E-state index in [1.807, 2.05) is 21.8 Å². The molecule has 7 nitrogen and oxygen atoms in total. The monoisotopic (exact) mass is 335 g/mol. The first-order valence-electron chi connectivity index (χ1n) is 8.90. The van der Waals surface area contributed by atoms with Gasteiger partial charge in [0.1, 0.15) is 0 Å². The minimum absolute atomic E-state index is 0.0444. The summed E-state index contributed by atoms with van der Waals surface area (Å²) in [5.41, 5.74) is -0.257. The Morgan fingerprint density at radius 1 is 1.33 bits per heavy atom. The van der Waals surface area contributed by atoms with E-state index in [0.717, 1.165) is 58.8 Å². The standard InChI is InChI=1S/C17H29N5O2/c1-17(2,14-20-9-11-24-12-10-20)19-16(23)22-8-3-5-15(22)13-21-7-4-6-18-21/h4,6-7,15H,3,5,8-14H2,1-2H3,(H,19,23)/t15-/m1/s1. The molecule has 2 fully saturated rings. The summed E-state index contributed by atoms with van der Waals surface area (Å²) in [6, 6.07) is 2.19. The van der Waals surface area contributed by atoms with Crippen LogP contribution in [0.2, 0.25) is 0 Å². The molecule has 0 radical (unpaired) electrons. The molecule has 0 bridgehead atoms. The van der Waals surface area contributed by atoms with Crippen LogP contribution in [0.5, 0.6) is 0 Å². The molecule has 2 saturated heterocycles. The number of hydrogen-bond donors (Lipinski definition) is 1. The van der Waals surface area contributed by atoms with E-state index in [1.54, 1.807) is 6.20 Å². The quantitative estimate of drug-likeness (QED) is 0.877. The molecule has 1 atom stereocenters. The van der Waals surface area contributed by atoms with Crippen molar-refractivity contribution in [2.75, 3.05) is 39.4 Å². The van der Waals surface area contributed by atoms with Gasteiger partial charge in [-0.3, -0.25) is 9.58 Å². The lowest BCUT2D eigenvalue weighted by molar-refractivity contribution is 0.0275. The van der Waals surface area contributed by atoms with Crippen molar-refractivity contribution in [3.63, 3.8) is 0 Å². The van der Waals surface area contributed by atoms with Crippen LogP contribution in [-0.2, 0) is 11.3 Å². The van der Waals surface area contributed by atoms with Crippen molar-refractivity contribution in [3.8, 4) is 0 Å². The summed E-state index contributed by atoms with van der Waals surface area (Å²) in [4.78, 5) is 17.1. The third kappa shape index (κ3) is 4.48. The highest BCUT2D eigenvalue weighted by Gasteiger charge is 2.33.